The molecule has 0 aliphatic carbocycles. The Bertz CT molecular complexity index is 1260. The van der Waals surface area contributed by atoms with Crippen LogP contribution in [0.4, 0.5) is 5.69 Å². The quantitative estimate of drug-likeness (QED) is 0.251. The smallest absolute Gasteiger partial charge is 0.280 e. The van der Waals surface area contributed by atoms with Crippen molar-refractivity contribution in [1.29, 1.82) is 0 Å². The third kappa shape index (κ3) is 3.63. The zero-order valence-electron chi connectivity index (χ0n) is 16.8. The highest BCUT2D eigenvalue weighted by molar-refractivity contribution is 7.80. The predicted molar refractivity (Wildman–Crippen MR) is 121 cm³/mol. The second-order valence-corrected chi connectivity index (χ2v) is 7.70. The number of hydrogen-bond donors (Lipinski definition) is 1. The lowest BCUT2D eigenvalue weighted by Gasteiger charge is -2.25. The highest BCUT2D eigenvalue weighted by atomic mass is 32.1. The van der Waals surface area contributed by atoms with Crippen molar-refractivity contribution in [3.63, 3.8) is 0 Å². The lowest BCUT2D eigenvalue weighted by atomic mass is 10.0. The molecule has 1 fully saturated rings. The van der Waals surface area contributed by atoms with Crippen LogP contribution in [0, 0.1) is 10.1 Å². The number of nitro benzene ring substituents is 1. The zero-order chi connectivity index (χ0) is 22.1. The molecule has 4 aromatic rings. The maximum absolute atomic E-state index is 11.5. The summed E-state index contributed by atoms with van der Waals surface area (Å²) in [5.74, 6) is 1.79. The normalized spacial score (nSPS) is 18.0. The largest absolute Gasteiger partial charge is 0.467 e. The van der Waals surface area contributed by atoms with Gasteiger partial charge in [0, 0.05) is 12.3 Å². The summed E-state index contributed by atoms with van der Waals surface area (Å²) in [6.07, 6.45) is 3.35. The van der Waals surface area contributed by atoms with E-state index in [1.54, 1.807) is 36.7 Å². The molecule has 0 saturated carbocycles. The monoisotopic (exact) mass is 446 g/mol. The van der Waals surface area contributed by atoms with E-state index in [-0.39, 0.29) is 17.8 Å². The minimum atomic E-state index is -0.413. The van der Waals surface area contributed by atoms with Crippen LogP contribution < -0.4 is 5.32 Å². The number of nitrogens with one attached hydrogen (secondary N) is 1. The van der Waals surface area contributed by atoms with Gasteiger partial charge in [0.1, 0.15) is 23.3 Å². The van der Waals surface area contributed by atoms with E-state index in [9.17, 15) is 10.1 Å². The van der Waals surface area contributed by atoms with Crippen molar-refractivity contribution in [3.05, 3.63) is 107 Å². The Morgan fingerprint density at radius 3 is 2.69 bits per heavy atom. The summed E-state index contributed by atoms with van der Waals surface area (Å²) in [4.78, 5) is 17.5. The molecule has 4 heterocycles. The number of furan rings is 2. The molecule has 5 rings (SSSR count). The molecule has 32 heavy (non-hydrogen) atoms. The number of benzene rings is 1. The minimum absolute atomic E-state index is 0.0119. The van der Waals surface area contributed by atoms with Crippen molar-refractivity contribution in [2.24, 2.45) is 0 Å². The van der Waals surface area contributed by atoms with Crippen LogP contribution in [0.2, 0.25) is 0 Å². The minimum Gasteiger partial charge on any atom is -0.467 e. The van der Waals surface area contributed by atoms with Crippen LogP contribution in [0.5, 0.6) is 0 Å². The fraction of sp³-hybridized carbons (Fsp3) is 0.130. The van der Waals surface area contributed by atoms with Crippen molar-refractivity contribution in [2.45, 2.75) is 18.6 Å². The van der Waals surface area contributed by atoms with E-state index in [2.05, 4.69) is 10.3 Å². The van der Waals surface area contributed by atoms with Gasteiger partial charge >= 0.3 is 0 Å². The molecular weight excluding hydrogens is 428 g/mol. The first-order valence-electron chi connectivity index (χ1n) is 9.96. The molecule has 160 valence electrons. The lowest BCUT2D eigenvalue weighted by molar-refractivity contribution is -0.384. The number of rotatable bonds is 6. The van der Waals surface area contributed by atoms with Crippen molar-refractivity contribution < 1.29 is 13.8 Å². The van der Waals surface area contributed by atoms with Crippen molar-refractivity contribution >= 4 is 23.0 Å². The molecule has 1 N–H and O–H groups in total. The van der Waals surface area contributed by atoms with Crippen LogP contribution in [0.25, 0.3) is 11.3 Å². The van der Waals surface area contributed by atoms with E-state index in [0.29, 0.717) is 28.7 Å². The van der Waals surface area contributed by atoms with Gasteiger partial charge in [-0.1, -0.05) is 18.2 Å². The Kier molecular flexibility index (Phi) is 5.16. The van der Waals surface area contributed by atoms with Crippen LogP contribution in [-0.2, 0) is 6.54 Å². The van der Waals surface area contributed by atoms with Crippen molar-refractivity contribution in [1.82, 2.24) is 15.2 Å². The molecule has 3 aromatic heterocycles. The Morgan fingerprint density at radius 2 is 1.94 bits per heavy atom. The number of pyridine rings is 1. The second-order valence-electron chi connectivity index (χ2n) is 7.31. The highest BCUT2D eigenvalue weighted by Gasteiger charge is 2.42. The molecule has 2 atom stereocenters. The van der Waals surface area contributed by atoms with Crippen molar-refractivity contribution in [2.75, 3.05) is 0 Å². The fourth-order valence-corrected chi connectivity index (χ4v) is 4.26. The van der Waals surface area contributed by atoms with Crippen LogP contribution in [0.3, 0.4) is 0 Å². The SMILES string of the molecule is O=[N+]([O-])c1ccccc1-c1ccc([C@H]2[C@H](c3ccccn3)NC(=S)N2Cc2ccco2)o1. The van der Waals surface area contributed by atoms with Gasteiger partial charge in [0.15, 0.2) is 5.11 Å². The van der Waals surface area contributed by atoms with Gasteiger partial charge in [-0.15, -0.1) is 0 Å². The van der Waals surface area contributed by atoms with E-state index < -0.39 is 4.92 Å². The van der Waals surface area contributed by atoms with Crippen LogP contribution in [-0.4, -0.2) is 19.9 Å². The van der Waals surface area contributed by atoms with Gasteiger partial charge in [-0.3, -0.25) is 15.1 Å². The first kappa shape index (κ1) is 20.0. The number of nitro groups is 1. The average Bonchev–Trinajstić information content (AvgIpc) is 3.56. The van der Waals surface area contributed by atoms with Gasteiger partial charge in [-0.05, 0) is 54.7 Å². The molecule has 1 aliphatic rings. The number of hydrogen-bond acceptors (Lipinski definition) is 6. The summed E-state index contributed by atoms with van der Waals surface area (Å²) in [5.41, 5.74) is 1.22. The summed E-state index contributed by atoms with van der Waals surface area (Å²) >= 11 is 5.64. The molecular formula is C23H18N4O4S. The number of nitrogens with zero attached hydrogens (tertiary/aromatic N) is 3. The molecule has 0 bridgehead atoms. The van der Waals surface area contributed by atoms with E-state index in [4.69, 9.17) is 21.1 Å². The summed E-state index contributed by atoms with van der Waals surface area (Å²) < 4.78 is 11.7. The fourth-order valence-electron chi connectivity index (χ4n) is 3.95. The molecule has 0 unspecified atom stereocenters. The molecule has 8 nitrogen and oxygen atoms in total. The van der Waals surface area contributed by atoms with E-state index in [1.165, 1.54) is 6.07 Å². The second kappa shape index (κ2) is 8.27. The molecule has 9 heteroatoms. The number of para-hydroxylation sites is 1. The molecule has 1 aromatic carbocycles. The average molecular weight is 446 g/mol. The molecule has 0 amide bonds. The van der Waals surface area contributed by atoms with E-state index in [0.717, 1.165) is 11.5 Å². The van der Waals surface area contributed by atoms with E-state index in [1.807, 2.05) is 41.3 Å². The summed E-state index contributed by atoms with van der Waals surface area (Å²) in [7, 11) is 0. The summed E-state index contributed by atoms with van der Waals surface area (Å²) in [5, 5.41) is 15.4. The summed E-state index contributed by atoms with van der Waals surface area (Å²) in [6, 6.07) is 18.9. The highest BCUT2D eigenvalue weighted by Crippen LogP contribution is 2.42. The molecule has 0 radical (unpaired) electrons. The topological polar surface area (TPSA) is 97.6 Å². The van der Waals surface area contributed by atoms with Gasteiger partial charge in [0.25, 0.3) is 5.69 Å². The van der Waals surface area contributed by atoms with Crippen LogP contribution >= 0.6 is 12.2 Å². The Labute approximate surface area is 188 Å². The molecule has 1 saturated heterocycles. The van der Waals surface area contributed by atoms with Crippen LogP contribution in [0.15, 0.2) is 88.0 Å². The van der Waals surface area contributed by atoms with Crippen molar-refractivity contribution in [3.8, 4) is 11.3 Å². The maximum Gasteiger partial charge on any atom is 0.280 e. The third-order valence-corrected chi connectivity index (χ3v) is 5.74. The van der Waals surface area contributed by atoms with E-state index >= 15 is 0 Å². The molecule has 0 spiro atoms. The Morgan fingerprint density at radius 1 is 1.09 bits per heavy atom. The van der Waals surface area contributed by atoms with Gasteiger partial charge in [0.05, 0.1) is 35.0 Å². The maximum atomic E-state index is 11.5. The Hall–Kier alpha value is -3.98. The lowest BCUT2D eigenvalue weighted by Crippen LogP contribution is -2.28. The van der Waals surface area contributed by atoms with Gasteiger partial charge in [0.2, 0.25) is 0 Å². The van der Waals surface area contributed by atoms with Gasteiger partial charge < -0.3 is 19.1 Å². The Balaban J connectivity index is 1.56. The number of thiocarbonyl (C=S) groups is 1. The standard InChI is InChI=1S/C23H18N4O4S/c28-27(29)18-9-2-1-7-16(18)19-10-11-20(31-19)22-21(17-8-3-4-12-24-17)25-23(32)26(22)14-15-6-5-13-30-15/h1-13,21-22H,14H2,(H,25,32)/t21-,22-/m0/s1. The number of aromatic nitrogens is 1. The first-order chi connectivity index (χ1) is 15.6. The molecule has 1 aliphatic heterocycles. The third-order valence-electron chi connectivity index (χ3n) is 5.39. The van der Waals surface area contributed by atoms with Gasteiger partial charge in [-0.25, -0.2) is 0 Å². The van der Waals surface area contributed by atoms with Gasteiger partial charge in [-0.2, -0.15) is 0 Å². The zero-order valence-corrected chi connectivity index (χ0v) is 17.6. The summed E-state index contributed by atoms with van der Waals surface area (Å²) in [6.45, 7) is 0.439. The predicted octanol–water partition coefficient (Wildman–Crippen LogP) is 5.02. The van der Waals surface area contributed by atoms with Crippen LogP contribution in [0.1, 0.15) is 29.3 Å². The first-order valence-corrected chi connectivity index (χ1v) is 10.4.